The van der Waals surface area contributed by atoms with Crippen molar-refractivity contribution in [2.75, 3.05) is 6.61 Å². The summed E-state index contributed by atoms with van der Waals surface area (Å²) in [5, 5.41) is 66.6. The van der Waals surface area contributed by atoms with Gasteiger partial charge in [-0.2, -0.15) is 0 Å². The van der Waals surface area contributed by atoms with Gasteiger partial charge in [-0.15, -0.1) is 0 Å². The number of aliphatic hydroxyl groups excluding tert-OH is 5. The van der Waals surface area contributed by atoms with E-state index in [9.17, 15) is 43.6 Å². The largest absolute Gasteiger partial charge is 1.00 e. The minimum absolute atomic E-state index is 0. The van der Waals surface area contributed by atoms with E-state index in [0.29, 0.717) is 19.3 Å². The molecule has 0 aromatic carbocycles. The standard InChI is InChI=1S/C32H54O12S.Na/c1-16(2)23(43-29-27(37)26(36)24(15-42-29)44-45(39,40)41)7-6-17(3)19-13-21(34)28-31(19,5)11-9-25-30(4)10-8-18(33)12-20(30)22(35)14-32(25,28)38;/h6-7,16-29,33-38H,8-15H2,1-5H3,(H,39,40,41);/q;+1/p-1/b7-6+;/t17-,18+,19-,20-,21-,22+,23?,24-,25?,26+,27-,28?,29+,30+,31-,32?;/m1./s1. The van der Waals surface area contributed by atoms with Gasteiger partial charge in [0.25, 0.3) is 0 Å². The van der Waals surface area contributed by atoms with Crippen molar-refractivity contribution in [1.29, 1.82) is 0 Å². The van der Waals surface area contributed by atoms with Crippen LogP contribution in [-0.4, -0.2) is 105 Å². The second kappa shape index (κ2) is 14.1. The molecule has 0 bridgehead atoms. The van der Waals surface area contributed by atoms with Crippen LogP contribution < -0.4 is 29.6 Å². The maximum Gasteiger partial charge on any atom is 1.00 e. The molecule has 4 unspecified atom stereocenters. The Morgan fingerprint density at radius 1 is 0.935 bits per heavy atom. The second-order valence-electron chi connectivity index (χ2n) is 15.6. The first-order valence-electron chi connectivity index (χ1n) is 16.5. The van der Waals surface area contributed by atoms with E-state index >= 15 is 0 Å². The van der Waals surface area contributed by atoms with Crippen LogP contribution in [0, 0.1) is 46.3 Å². The molecule has 260 valence electrons. The summed E-state index contributed by atoms with van der Waals surface area (Å²) in [5.41, 5.74) is -1.92. The van der Waals surface area contributed by atoms with E-state index in [1.165, 1.54) is 0 Å². The summed E-state index contributed by atoms with van der Waals surface area (Å²) in [4.78, 5) is 0. The number of rotatable bonds is 8. The molecule has 4 saturated carbocycles. The maximum atomic E-state index is 12.5. The molecular formula is C32H53NaO12S. The van der Waals surface area contributed by atoms with E-state index in [1.807, 2.05) is 26.0 Å². The van der Waals surface area contributed by atoms with E-state index in [1.54, 1.807) is 0 Å². The molecule has 0 aromatic heterocycles. The predicted octanol–water partition coefficient (Wildman–Crippen LogP) is -1.78. The molecule has 0 aromatic rings. The van der Waals surface area contributed by atoms with Crippen LogP contribution in [-0.2, 0) is 24.1 Å². The van der Waals surface area contributed by atoms with E-state index in [2.05, 4.69) is 25.0 Å². The van der Waals surface area contributed by atoms with Gasteiger partial charge < -0.3 is 44.7 Å². The first-order chi connectivity index (χ1) is 20.8. The zero-order valence-electron chi connectivity index (χ0n) is 27.9. The molecule has 16 atom stereocenters. The van der Waals surface area contributed by atoms with Gasteiger partial charge in [-0.1, -0.05) is 46.8 Å². The molecule has 46 heavy (non-hydrogen) atoms. The molecule has 0 spiro atoms. The van der Waals surface area contributed by atoms with Crippen molar-refractivity contribution >= 4 is 10.4 Å². The summed E-state index contributed by atoms with van der Waals surface area (Å²) in [6.45, 7) is 9.76. The molecular weight excluding hydrogens is 631 g/mol. The molecule has 5 rings (SSSR count). The quantitative estimate of drug-likeness (QED) is 0.0727. The Kier molecular flexibility index (Phi) is 12.0. The molecule has 5 fully saturated rings. The van der Waals surface area contributed by atoms with Gasteiger partial charge in [0.1, 0.15) is 18.3 Å². The van der Waals surface area contributed by atoms with Gasteiger partial charge in [0.15, 0.2) is 6.29 Å². The van der Waals surface area contributed by atoms with Crippen molar-refractivity contribution in [3.63, 3.8) is 0 Å². The predicted molar refractivity (Wildman–Crippen MR) is 160 cm³/mol. The molecule has 0 radical (unpaired) electrons. The summed E-state index contributed by atoms with van der Waals surface area (Å²) >= 11 is 0. The van der Waals surface area contributed by atoms with Crippen LogP contribution in [0.5, 0.6) is 0 Å². The monoisotopic (exact) mass is 684 g/mol. The Morgan fingerprint density at radius 3 is 2.22 bits per heavy atom. The van der Waals surface area contributed by atoms with Crippen molar-refractivity contribution in [3.05, 3.63) is 12.2 Å². The van der Waals surface area contributed by atoms with Gasteiger partial charge in [0, 0.05) is 12.3 Å². The number of hydrogen-bond donors (Lipinski definition) is 6. The van der Waals surface area contributed by atoms with E-state index in [-0.39, 0.29) is 76.4 Å². The summed E-state index contributed by atoms with van der Waals surface area (Å²) in [5.74, 6) is -0.611. The van der Waals surface area contributed by atoms with Gasteiger partial charge in [-0.3, -0.25) is 4.18 Å². The minimum atomic E-state index is -5.11. The zero-order chi connectivity index (χ0) is 33.3. The van der Waals surface area contributed by atoms with Crippen LogP contribution in [0.2, 0.25) is 0 Å². The normalized spacial score (nSPS) is 49.1. The summed E-state index contributed by atoms with van der Waals surface area (Å²) in [7, 11) is -5.11. The molecule has 6 N–H and O–H groups in total. The van der Waals surface area contributed by atoms with Crippen molar-refractivity contribution in [2.45, 2.75) is 134 Å². The minimum Gasteiger partial charge on any atom is -0.726 e. The van der Waals surface area contributed by atoms with Gasteiger partial charge >= 0.3 is 29.6 Å². The fourth-order valence-electron chi connectivity index (χ4n) is 10.5. The average Bonchev–Trinajstić information content (AvgIpc) is 3.21. The topological polar surface area (TPSA) is 206 Å². The summed E-state index contributed by atoms with van der Waals surface area (Å²) in [6, 6.07) is 0. The molecule has 1 aliphatic heterocycles. The molecule has 4 aliphatic carbocycles. The van der Waals surface area contributed by atoms with Crippen molar-refractivity contribution in [2.24, 2.45) is 46.3 Å². The molecule has 1 saturated heterocycles. The Morgan fingerprint density at radius 2 is 1.59 bits per heavy atom. The number of fused-ring (bicyclic) bond motifs is 5. The van der Waals surface area contributed by atoms with Crippen LogP contribution >= 0.6 is 0 Å². The van der Waals surface area contributed by atoms with Crippen LogP contribution in [0.4, 0.5) is 0 Å². The Balaban J connectivity index is 0.00000480. The third-order valence-corrected chi connectivity index (χ3v) is 13.1. The molecule has 12 nitrogen and oxygen atoms in total. The third kappa shape index (κ3) is 7.08. The first kappa shape index (κ1) is 39.1. The van der Waals surface area contributed by atoms with E-state index in [4.69, 9.17) is 9.47 Å². The second-order valence-corrected chi connectivity index (χ2v) is 16.6. The van der Waals surface area contributed by atoms with Crippen molar-refractivity contribution in [3.8, 4) is 0 Å². The van der Waals surface area contributed by atoms with E-state index < -0.39 is 77.5 Å². The molecule has 5 aliphatic rings. The smallest absolute Gasteiger partial charge is 0.726 e. The van der Waals surface area contributed by atoms with Gasteiger partial charge in [0.2, 0.25) is 10.4 Å². The van der Waals surface area contributed by atoms with Crippen molar-refractivity contribution < 1.29 is 86.8 Å². The van der Waals surface area contributed by atoms with Gasteiger partial charge in [-0.25, -0.2) is 8.42 Å². The van der Waals surface area contributed by atoms with Gasteiger partial charge in [-0.05, 0) is 78.9 Å². The molecule has 14 heteroatoms. The van der Waals surface area contributed by atoms with Crippen LogP contribution in [0.1, 0.15) is 79.6 Å². The third-order valence-electron chi connectivity index (χ3n) is 12.6. The summed E-state index contributed by atoms with van der Waals surface area (Å²) in [6.07, 6.45) is -0.535. The zero-order valence-corrected chi connectivity index (χ0v) is 30.8. The van der Waals surface area contributed by atoms with E-state index in [0.717, 1.165) is 19.3 Å². The van der Waals surface area contributed by atoms with Crippen molar-refractivity contribution in [1.82, 2.24) is 0 Å². The Bertz CT molecular complexity index is 1200. The first-order valence-corrected chi connectivity index (χ1v) is 17.9. The number of allylic oxidation sites excluding steroid dienone is 1. The summed E-state index contributed by atoms with van der Waals surface area (Å²) < 4.78 is 48.6. The maximum absolute atomic E-state index is 12.5. The Hall–Kier alpha value is 0.290. The van der Waals surface area contributed by atoms with Crippen LogP contribution in [0.25, 0.3) is 0 Å². The SMILES string of the molecule is CC(C)C(/C=C/[C@@H](C)[C@H]1C[C@@H](O)C2C3(O)C[C@H](O)[C@H]4C[C@@H](O)CC[C@]4(C)C3CC[C@@]21C)O[C@@H]1OC[C@@H](OS(=O)(=O)[O-])[C@H](O)[C@H]1O.[Na+]. The fraction of sp³-hybridized carbons (Fsp3) is 0.938. The molecule has 0 amide bonds. The number of hydrogen-bond acceptors (Lipinski definition) is 12. The molecule has 1 heterocycles. The Labute approximate surface area is 295 Å². The average molecular weight is 685 g/mol. The van der Waals surface area contributed by atoms with Gasteiger partial charge in [0.05, 0.1) is 36.6 Å². The fourth-order valence-corrected chi connectivity index (χ4v) is 10.9. The van der Waals surface area contributed by atoms with Crippen LogP contribution in [0.15, 0.2) is 12.2 Å². The number of aliphatic hydroxyl groups is 6. The van der Waals surface area contributed by atoms with Crippen LogP contribution in [0.3, 0.4) is 0 Å². The number of ether oxygens (including phenoxy) is 2.